The van der Waals surface area contributed by atoms with Gasteiger partial charge in [0.15, 0.2) is 0 Å². The van der Waals surface area contributed by atoms with E-state index in [-0.39, 0.29) is 11.9 Å². The maximum absolute atomic E-state index is 13.1. The zero-order chi connectivity index (χ0) is 19.4. The number of hydrogen-bond acceptors (Lipinski definition) is 4. The van der Waals surface area contributed by atoms with Gasteiger partial charge >= 0.3 is 0 Å². The molecule has 0 saturated heterocycles. The molecule has 0 bridgehead atoms. The van der Waals surface area contributed by atoms with Gasteiger partial charge in [0, 0.05) is 24.7 Å². The van der Waals surface area contributed by atoms with Gasteiger partial charge in [-0.1, -0.05) is 24.4 Å². The van der Waals surface area contributed by atoms with Crippen molar-refractivity contribution < 1.29 is 13.9 Å². The quantitative estimate of drug-likeness (QED) is 0.730. The van der Waals surface area contributed by atoms with Crippen LogP contribution in [0.15, 0.2) is 41.0 Å². The molecule has 0 radical (unpaired) electrons. The van der Waals surface area contributed by atoms with Crippen LogP contribution in [0.4, 0.5) is 0 Å². The van der Waals surface area contributed by atoms with Crippen molar-refractivity contribution in [2.45, 2.75) is 44.3 Å². The van der Waals surface area contributed by atoms with E-state index in [4.69, 9.17) is 20.8 Å². The van der Waals surface area contributed by atoms with Crippen LogP contribution < -0.4 is 4.74 Å². The molecule has 1 heterocycles. The number of carbonyl (C=O) groups excluding carboxylic acids is 1. The van der Waals surface area contributed by atoms with E-state index < -0.39 is 0 Å². The topological polar surface area (TPSA) is 45.9 Å². The molecule has 1 aromatic heterocycles. The fourth-order valence-corrected chi connectivity index (χ4v) is 4.16. The Labute approximate surface area is 165 Å². The zero-order valence-electron chi connectivity index (χ0n) is 16.2. The Balaban J connectivity index is 1.76. The Morgan fingerprint density at radius 1 is 1.22 bits per heavy atom. The lowest BCUT2D eigenvalue weighted by Gasteiger charge is -2.42. The van der Waals surface area contributed by atoms with E-state index in [9.17, 15) is 4.79 Å². The normalized spacial score (nSPS) is 19.9. The maximum Gasteiger partial charge on any atom is 0.254 e. The fraction of sp³-hybridized carbons (Fsp3) is 0.476. The van der Waals surface area contributed by atoms with Crippen molar-refractivity contribution in [3.63, 3.8) is 0 Å². The van der Waals surface area contributed by atoms with Gasteiger partial charge in [-0.25, -0.2) is 0 Å². The lowest BCUT2D eigenvalue weighted by molar-refractivity contribution is 0.0473. The number of methoxy groups -OCH3 is 1. The van der Waals surface area contributed by atoms with Gasteiger partial charge in [0.05, 0.1) is 24.9 Å². The predicted molar refractivity (Wildman–Crippen MR) is 106 cm³/mol. The summed E-state index contributed by atoms with van der Waals surface area (Å²) in [5, 5.41) is 0.505. The fourth-order valence-electron chi connectivity index (χ4n) is 3.97. The Bertz CT molecular complexity index is 763. The molecule has 5 nitrogen and oxygen atoms in total. The number of hydrogen-bond donors (Lipinski definition) is 0. The molecular weight excluding hydrogens is 364 g/mol. The van der Waals surface area contributed by atoms with Gasteiger partial charge in [-0.3, -0.25) is 9.69 Å². The van der Waals surface area contributed by atoms with Crippen LogP contribution in [-0.2, 0) is 6.54 Å². The van der Waals surface area contributed by atoms with Crippen molar-refractivity contribution in [1.82, 2.24) is 9.80 Å². The molecule has 1 saturated carbocycles. The molecule has 0 unspecified atom stereocenters. The van der Waals surface area contributed by atoms with Gasteiger partial charge < -0.3 is 14.1 Å². The zero-order valence-corrected chi connectivity index (χ0v) is 16.9. The summed E-state index contributed by atoms with van der Waals surface area (Å²) in [5.41, 5.74) is 0.594. The number of ether oxygens (including phenoxy) is 1. The number of carbonyl (C=O) groups is 1. The predicted octanol–water partition coefficient (Wildman–Crippen LogP) is 4.46. The highest BCUT2D eigenvalue weighted by atomic mass is 35.5. The number of furan rings is 1. The summed E-state index contributed by atoms with van der Waals surface area (Å²) in [6, 6.07) is 9.54. The minimum atomic E-state index is -0.00624. The smallest absolute Gasteiger partial charge is 0.254 e. The summed E-state index contributed by atoms with van der Waals surface area (Å²) in [6.07, 6.45) is 6.09. The van der Waals surface area contributed by atoms with Crippen molar-refractivity contribution in [1.29, 1.82) is 0 Å². The first-order chi connectivity index (χ1) is 13.0. The van der Waals surface area contributed by atoms with Crippen molar-refractivity contribution in [3.8, 4) is 5.75 Å². The average Bonchev–Trinajstić information content (AvgIpc) is 3.20. The van der Waals surface area contributed by atoms with E-state index in [1.165, 1.54) is 6.42 Å². The highest BCUT2D eigenvalue weighted by Crippen LogP contribution is 2.30. The number of benzene rings is 1. The Morgan fingerprint density at radius 3 is 2.63 bits per heavy atom. The number of nitrogens with zero attached hydrogens (tertiary/aromatic N) is 2. The first kappa shape index (κ1) is 19.8. The summed E-state index contributed by atoms with van der Waals surface area (Å²) in [6.45, 7) is 0.741. The molecule has 3 rings (SSSR count). The van der Waals surface area contributed by atoms with Gasteiger partial charge in [-0.05, 0) is 50.2 Å². The molecule has 2 atom stereocenters. The minimum Gasteiger partial charge on any atom is -0.495 e. The Hall–Kier alpha value is -1.98. The molecule has 2 aromatic rings. The van der Waals surface area contributed by atoms with Crippen LogP contribution in [0.2, 0.25) is 5.02 Å². The Kier molecular flexibility index (Phi) is 6.45. The molecule has 27 heavy (non-hydrogen) atoms. The molecular formula is C21H27ClN2O3. The van der Waals surface area contributed by atoms with Gasteiger partial charge in [-0.2, -0.15) is 0 Å². The van der Waals surface area contributed by atoms with Gasteiger partial charge in [0.1, 0.15) is 11.5 Å². The molecule has 1 aliphatic carbocycles. The van der Waals surface area contributed by atoms with Gasteiger partial charge in [0.25, 0.3) is 5.91 Å². The first-order valence-corrected chi connectivity index (χ1v) is 9.72. The van der Waals surface area contributed by atoms with Crippen LogP contribution in [0.25, 0.3) is 0 Å². The highest BCUT2D eigenvalue weighted by molar-refractivity contribution is 6.32. The van der Waals surface area contributed by atoms with Crippen molar-refractivity contribution >= 4 is 17.5 Å². The van der Waals surface area contributed by atoms with E-state index in [2.05, 4.69) is 11.9 Å². The summed E-state index contributed by atoms with van der Waals surface area (Å²) in [7, 11) is 5.56. The molecule has 146 valence electrons. The number of halogens is 1. The van der Waals surface area contributed by atoms with E-state index in [1.807, 2.05) is 24.1 Å². The first-order valence-electron chi connectivity index (χ1n) is 9.34. The molecule has 1 aromatic carbocycles. The summed E-state index contributed by atoms with van der Waals surface area (Å²) >= 11 is 6.10. The van der Waals surface area contributed by atoms with E-state index >= 15 is 0 Å². The molecule has 1 aliphatic rings. The monoisotopic (exact) mass is 390 g/mol. The van der Waals surface area contributed by atoms with Crippen LogP contribution in [0.1, 0.15) is 41.8 Å². The standard InChI is InChI=1S/C21H27ClN2O3/c1-23(14-16-7-6-12-27-16)18-8-4-5-9-19(18)24(2)21(25)15-10-11-17(22)20(13-15)26-3/h6-7,10-13,18-19H,4-5,8-9,14H2,1-3H3/t18-,19-/m1/s1. The second kappa shape index (κ2) is 8.81. The van der Waals surface area contributed by atoms with E-state index in [0.717, 1.165) is 31.6 Å². The van der Waals surface area contributed by atoms with Crippen molar-refractivity contribution in [2.75, 3.05) is 21.2 Å². The molecule has 1 fully saturated rings. The maximum atomic E-state index is 13.1. The largest absolute Gasteiger partial charge is 0.495 e. The van der Waals surface area contributed by atoms with Gasteiger partial charge in [-0.15, -0.1) is 0 Å². The molecule has 1 amide bonds. The summed E-state index contributed by atoms with van der Waals surface area (Å²) in [4.78, 5) is 17.3. The van der Waals surface area contributed by atoms with Crippen LogP contribution in [-0.4, -0.2) is 49.0 Å². The third-order valence-electron chi connectivity index (χ3n) is 5.46. The Morgan fingerprint density at radius 2 is 1.96 bits per heavy atom. The summed E-state index contributed by atoms with van der Waals surface area (Å²) < 4.78 is 10.8. The third-order valence-corrected chi connectivity index (χ3v) is 5.77. The van der Waals surface area contributed by atoms with Gasteiger partial charge in [0.2, 0.25) is 0 Å². The highest BCUT2D eigenvalue weighted by Gasteiger charge is 2.34. The third kappa shape index (κ3) is 4.47. The minimum absolute atomic E-state index is 0.00624. The van der Waals surface area contributed by atoms with Crippen LogP contribution in [0.5, 0.6) is 5.75 Å². The van der Waals surface area contributed by atoms with Crippen LogP contribution in [0.3, 0.4) is 0 Å². The number of amides is 1. The molecule has 0 N–H and O–H groups in total. The van der Waals surface area contributed by atoms with E-state index in [0.29, 0.717) is 22.4 Å². The van der Waals surface area contributed by atoms with E-state index in [1.54, 1.807) is 31.6 Å². The molecule has 0 spiro atoms. The second-order valence-corrected chi connectivity index (χ2v) is 7.59. The van der Waals surface area contributed by atoms with Crippen LogP contribution >= 0.6 is 11.6 Å². The van der Waals surface area contributed by atoms with Crippen molar-refractivity contribution in [2.24, 2.45) is 0 Å². The molecule has 6 heteroatoms. The van der Waals surface area contributed by atoms with Crippen LogP contribution in [0, 0.1) is 0 Å². The lowest BCUT2D eigenvalue weighted by atomic mass is 9.88. The average molecular weight is 391 g/mol. The number of likely N-dealkylation sites (N-methyl/N-ethyl adjacent to an activating group) is 2. The molecule has 0 aliphatic heterocycles. The number of rotatable bonds is 6. The lowest BCUT2D eigenvalue weighted by Crippen LogP contribution is -2.52. The summed E-state index contributed by atoms with van der Waals surface area (Å²) in [5.74, 6) is 1.46. The second-order valence-electron chi connectivity index (χ2n) is 7.18. The SMILES string of the molecule is COc1cc(C(=O)N(C)[C@@H]2CCCC[C@H]2N(C)Cc2ccco2)ccc1Cl. The van der Waals surface area contributed by atoms with Crippen molar-refractivity contribution in [3.05, 3.63) is 52.9 Å².